The molecule has 1 saturated carbocycles. The highest BCUT2D eigenvalue weighted by atomic mass is 16.4. The molecule has 1 aliphatic rings. The molecule has 0 unspecified atom stereocenters. The van der Waals surface area contributed by atoms with E-state index in [0.29, 0.717) is 12.3 Å². The average Bonchev–Trinajstić information content (AvgIpc) is 2.30. The lowest BCUT2D eigenvalue weighted by molar-refractivity contribution is -0.139. The molecule has 3 atom stereocenters. The molecule has 0 aromatic heterocycles. The third kappa shape index (κ3) is 5.49. The van der Waals surface area contributed by atoms with Crippen LogP contribution in [-0.4, -0.2) is 29.2 Å². The summed E-state index contributed by atoms with van der Waals surface area (Å²) in [5.74, 6) is -0.275. The Morgan fingerprint density at radius 1 is 1.26 bits per heavy atom. The quantitative estimate of drug-likeness (QED) is 0.717. The first-order chi connectivity index (χ1) is 8.90. The van der Waals surface area contributed by atoms with Gasteiger partial charge in [-0.2, -0.15) is 0 Å². The molecule has 0 saturated heterocycles. The third-order valence-electron chi connectivity index (χ3n) is 3.74. The number of carbonyl (C=O) groups is 2. The largest absolute Gasteiger partial charge is 0.480 e. The van der Waals surface area contributed by atoms with E-state index in [0.717, 1.165) is 19.3 Å². The Morgan fingerprint density at radius 3 is 2.42 bits per heavy atom. The van der Waals surface area contributed by atoms with E-state index in [4.69, 9.17) is 5.11 Å². The van der Waals surface area contributed by atoms with Crippen LogP contribution in [0.3, 0.4) is 0 Å². The van der Waals surface area contributed by atoms with Gasteiger partial charge in [0, 0.05) is 6.04 Å². The SMILES string of the molecule is CC(C)C[C@H](NC(=O)N[C@H]1CCCC[C@H]1C)C(=O)O. The topological polar surface area (TPSA) is 78.4 Å². The zero-order valence-corrected chi connectivity index (χ0v) is 12.1. The molecule has 0 heterocycles. The van der Waals surface area contributed by atoms with Gasteiger partial charge >= 0.3 is 12.0 Å². The van der Waals surface area contributed by atoms with E-state index < -0.39 is 12.0 Å². The van der Waals surface area contributed by atoms with E-state index in [2.05, 4.69) is 17.6 Å². The normalized spacial score (nSPS) is 24.8. The highest BCUT2D eigenvalue weighted by Gasteiger charge is 2.25. The second-order valence-electron chi connectivity index (χ2n) is 6.01. The zero-order chi connectivity index (χ0) is 14.4. The Bertz CT molecular complexity index is 318. The first-order valence-corrected chi connectivity index (χ1v) is 7.20. The minimum Gasteiger partial charge on any atom is -0.480 e. The first kappa shape index (κ1) is 15.8. The van der Waals surface area contributed by atoms with Crippen molar-refractivity contribution in [1.29, 1.82) is 0 Å². The van der Waals surface area contributed by atoms with E-state index in [1.54, 1.807) is 0 Å². The van der Waals surface area contributed by atoms with Gasteiger partial charge in [-0.25, -0.2) is 9.59 Å². The lowest BCUT2D eigenvalue weighted by Gasteiger charge is -2.30. The third-order valence-corrected chi connectivity index (χ3v) is 3.74. The summed E-state index contributed by atoms with van der Waals surface area (Å²) in [5.41, 5.74) is 0. The number of carboxylic acids is 1. The van der Waals surface area contributed by atoms with Crippen LogP contribution >= 0.6 is 0 Å². The molecule has 1 rings (SSSR count). The Morgan fingerprint density at radius 2 is 1.89 bits per heavy atom. The lowest BCUT2D eigenvalue weighted by Crippen LogP contribution is -2.51. The van der Waals surface area contributed by atoms with Crippen LogP contribution in [0.2, 0.25) is 0 Å². The number of urea groups is 1. The van der Waals surface area contributed by atoms with Crippen LogP contribution < -0.4 is 10.6 Å². The molecule has 0 spiro atoms. The van der Waals surface area contributed by atoms with E-state index >= 15 is 0 Å². The monoisotopic (exact) mass is 270 g/mol. The predicted molar refractivity (Wildman–Crippen MR) is 74.0 cm³/mol. The fourth-order valence-corrected chi connectivity index (χ4v) is 2.59. The molecule has 1 aliphatic carbocycles. The molecule has 0 bridgehead atoms. The van der Waals surface area contributed by atoms with Crippen molar-refractivity contribution in [1.82, 2.24) is 10.6 Å². The molecular weight excluding hydrogens is 244 g/mol. The first-order valence-electron chi connectivity index (χ1n) is 7.20. The Labute approximate surface area is 115 Å². The molecular formula is C14H26N2O3. The molecule has 0 aliphatic heterocycles. The van der Waals surface area contributed by atoms with Crippen molar-refractivity contribution in [2.24, 2.45) is 11.8 Å². The zero-order valence-electron chi connectivity index (χ0n) is 12.1. The maximum Gasteiger partial charge on any atom is 0.326 e. The summed E-state index contributed by atoms with van der Waals surface area (Å²) < 4.78 is 0. The van der Waals surface area contributed by atoms with Gasteiger partial charge in [0.2, 0.25) is 0 Å². The van der Waals surface area contributed by atoms with Gasteiger partial charge in [0.25, 0.3) is 0 Å². The van der Waals surface area contributed by atoms with Crippen LogP contribution in [0.1, 0.15) is 52.9 Å². The number of nitrogens with one attached hydrogen (secondary N) is 2. The summed E-state index contributed by atoms with van der Waals surface area (Å²) >= 11 is 0. The lowest BCUT2D eigenvalue weighted by atomic mass is 9.86. The minimum absolute atomic E-state index is 0.169. The van der Waals surface area contributed by atoms with Gasteiger partial charge in [-0.1, -0.05) is 33.6 Å². The maximum atomic E-state index is 11.9. The van der Waals surface area contributed by atoms with Crippen LogP contribution in [0.4, 0.5) is 4.79 Å². The molecule has 5 heteroatoms. The number of amides is 2. The van der Waals surface area contributed by atoms with Crippen molar-refractivity contribution in [2.45, 2.75) is 65.0 Å². The van der Waals surface area contributed by atoms with E-state index in [1.807, 2.05) is 13.8 Å². The molecule has 0 radical (unpaired) electrons. The molecule has 1 fully saturated rings. The fraction of sp³-hybridized carbons (Fsp3) is 0.857. The van der Waals surface area contributed by atoms with Gasteiger partial charge in [0.1, 0.15) is 6.04 Å². The molecule has 110 valence electrons. The average molecular weight is 270 g/mol. The summed E-state index contributed by atoms with van der Waals surface area (Å²) in [7, 11) is 0. The van der Waals surface area contributed by atoms with Crippen molar-refractivity contribution in [3.8, 4) is 0 Å². The van der Waals surface area contributed by atoms with Gasteiger partial charge in [-0.15, -0.1) is 0 Å². The molecule has 2 amide bonds. The molecule has 3 N–H and O–H groups in total. The summed E-state index contributed by atoms with van der Waals surface area (Å²) in [5, 5.41) is 14.6. The number of carbonyl (C=O) groups excluding carboxylic acids is 1. The van der Waals surface area contributed by atoms with Crippen LogP contribution in [0.15, 0.2) is 0 Å². The Kier molecular flexibility index (Phi) is 6.12. The van der Waals surface area contributed by atoms with Crippen LogP contribution in [0.25, 0.3) is 0 Å². The number of hydrogen-bond donors (Lipinski definition) is 3. The highest BCUT2D eigenvalue weighted by molar-refractivity contribution is 5.82. The van der Waals surface area contributed by atoms with Crippen molar-refractivity contribution in [3.63, 3.8) is 0 Å². The highest BCUT2D eigenvalue weighted by Crippen LogP contribution is 2.23. The maximum absolute atomic E-state index is 11.9. The smallest absolute Gasteiger partial charge is 0.326 e. The van der Waals surface area contributed by atoms with E-state index in [-0.39, 0.29) is 18.0 Å². The van der Waals surface area contributed by atoms with Crippen LogP contribution in [-0.2, 0) is 4.79 Å². The number of rotatable bonds is 5. The van der Waals surface area contributed by atoms with Crippen LogP contribution in [0, 0.1) is 11.8 Å². The molecule has 19 heavy (non-hydrogen) atoms. The summed E-state index contributed by atoms with van der Waals surface area (Å²) in [4.78, 5) is 23.0. The molecule has 5 nitrogen and oxygen atoms in total. The standard InChI is InChI=1S/C14H26N2O3/c1-9(2)8-12(13(17)18)16-14(19)15-11-7-5-4-6-10(11)3/h9-12H,4-8H2,1-3H3,(H,17,18)(H2,15,16,19)/t10-,11+,12+/m1/s1. The van der Waals surface area contributed by atoms with E-state index in [1.165, 1.54) is 6.42 Å². The predicted octanol–water partition coefficient (Wildman–Crippen LogP) is 2.36. The van der Waals surface area contributed by atoms with E-state index in [9.17, 15) is 9.59 Å². The number of hydrogen-bond acceptors (Lipinski definition) is 2. The van der Waals surface area contributed by atoms with Gasteiger partial charge in [0.15, 0.2) is 0 Å². The van der Waals surface area contributed by atoms with Crippen LogP contribution in [0.5, 0.6) is 0 Å². The molecule has 0 aromatic rings. The Hall–Kier alpha value is -1.26. The van der Waals surface area contributed by atoms with Crippen molar-refractivity contribution >= 4 is 12.0 Å². The number of aliphatic carboxylic acids is 1. The minimum atomic E-state index is -0.972. The van der Waals surface area contributed by atoms with Gasteiger partial charge in [-0.3, -0.25) is 0 Å². The summed E-state index contributed by atoms with van der Waals surface area (Å²) in [6.07, 6.45) is 4.90. The molecule has 0 aromatic carbocycles. The summed E-state index contributed by atoms with van der Waals surface area (Å²) in [6, 6.07) is -0.993. The Balaban J connectivity index is 2.45. The second-order valence-corrected chi connectivity index (χ2v) is 6.01. The fourth-order valence-electron chi connectivity index (χ4n) is 2.59. The summed E-state index contributed by atoms with van der Waals surface area (Å²) in [6.45, 7) is 6.02. The van der Waals surface area contributed by atoms with Crippen molar-refractivity contribution in [2.75, 3.05) is 0 Å². The van der Waals surface area contributed by atoms with Gasteiger partial charge in [0.05, 0.1) is 0 Å². The van der Waals surface area contributed by atoms with Gasteiger partial charge < -0.3 is 15.7 Å². The van der Waals surface area contributed by atoms with Gasteiger partial charge in [-0.05, 0) is 31.1 Å². The number of carboxylic acid groups (broad SMARTS) is 1. The van der Waals surface area contributed by atoms with Crippen molar-refractivity contribution < 1.29 is 14.7 Å². The second kappa shape index (κ2) is 7.36. The van der Waals surface area contributed by atoms with Crippen molar-refractivity contribution in [3.05, 3.63) is 0 Å².